The first-order valence-electron chi connectivity index (χ1n) is 5.93. The number of carbonyl (C=O) groups excluding carboxylic acids is 1. The highest BCUT2D eigenvalue weighted by atomic mass is 35.5. The highest BCUT2D eigenvalue weighted by molar-refractivity contribution is 6.33. The average molecular weight is 276 g/mol. The molecule has 2 aromatic rings. The van der Waals surface area contributed by atoms with Crippen molar-refractivity contribution in [2.45, 2.75) is 6.42 Å². The molecule has 3 nitrogen and oxygen atoms in total. The summed E-state index contributed by atoms with van der Waals surface area (Å²) in [7, 11) is 0. The zero-order valence-electron chi connectivity index (χ0n) is 10.3. The summed E-state index contributed by atoms with van der Waals surface area (Å²) in [4.78, 5) is 11.8. The molecule has 0 saturated carbocycles. The molecule has 2 rings (SSSR count). The number of nitrogen functional groups attached to an aromatic ring is 1. The molecule has 0 unspecified atom stereocenters. The Morgan fingerprint density at radius 2 is 1.89 bits per heavy atom. The molecule has 0 fully saturated rings. The van der Waals surface area contributed by atoms with Crippen LogP contribution in [0.1, 0.15) is 15.9 Å². The fourth-order valence-corrected chi connectivity index (χ4v) is 1.88. The van der Waals surface area contributed by atoms with E-state index < -0.39 is 5.97 Å². The van der Waals surface area contributed by atoms with Crippen molar-refractivity contribution in [2.75, 3.05) is 12.3 Å². The molecule has 0 amide bonds. The molecule has 19 heavy (non-hydrogen) atoms. The molecule has 0 aliphatic rings. The Morgan fingerprint density at radius 3 is 2.63 bits per heavy atom. The molecule has 0 heterocycles. The lowest BCUT2D eigenvalue weighted by Crippen LogP contribution is -2.09. The van der Waals surface area contributed by atoms with Crippen LogP contribution in [0, 0.1) is 0 Å². The van der Waals surface area contributed by atoms with Crippen molar-refractivity contribution in [2.24, 2.45) is 0 Å². The molecule has 0 aliphatic heterocycles. The van der Waals surface area contributed by atoms with E-state index in [1.54, 1.807) is 12.1 Å². The zero-order chi connectivity index (χ0) is 13.7. The van der Waals surface area contributed by atoms with E-state index in [1.165, 1.54) is 6.07 Å². The van der Waals surface area contributed by atoms with Gasteiger partial charge in [-0.2, -0.15) is 0 Å². The van der Waals surface area contributed by atoms with E-state index in [4.69, 9.17) is 22.1 Å². The van der Waals surface area contributed by atoms with Crippen LogP contribution in [-0.2, 0) is 11.2 Å². The van der Waals surface area contributed by atoms with Crippen molar-refractivity contribution in [1.82, 2.24) is 0 Å². The van der Waals surface area contributed by atoms with Gasteiger partial charge in [0.1, 0.15) is 0 Å². The number of anilines is 1. The van der Waals surface area contributed by atoms with Crippen LogP contribution in [0.15, 0.2) is 48.5 Å². The van der Waals surface area contributed by atoms with E-state index in [2.05, 4.69) is 0 Å². The average Bonchev–Trinajstić information content (AvgIpc) is 2.42. The molecule has 0 atom stereocenters. The highest BCUT2D eigenvalue weighted by Crippen LogP contribution is 2.19. The molecule has 0 radical (unpaired) electrons. The van der Waals surface area contributed by atoms with Crippen molar-refractivity contribution in [3.8, 4) is 0 Å². The van der Waals surface area contributed by atoms with Gasteiger partial charge in [-0.25, -0.2) is 4.79 Å². The van der Waals surface area contributed by atoms with E-state index in [9.17, 15) is 4.79 Å². The van der Waals surface area contributed by atoms with Crippen molar-refractivity contribution >= 4 is 23.3 Å². The number of esters is 1. The Balaban J connectivity index is 1.93. The van der Waals surface area contributed by atoms with E-state index in [0.29, 0.717) is 29.3 Å². The first-order valence-corrected chi connectivity index (χ1v) is 6.30. The summed E-state index contributed by atoms with van der Waals surface area (Å²) < 4.78 is 5.19. The quantitative estimate of drug-likeness (QED) is 0.688. The summed E-state index contributed by atoms with van der Waals surface area (Å²) in [6, 6.07) is 14.6. The van der Waals surface area contributed by atoms with Crippen LogP contribution in [0.2, 0.25) is 5.02 Å². The predicted molar refractivity (Wildman–Crippen MR) is 76.3 cm³/mol. The Hall–Kier alpha value is -2.00. The van der Waals surface area contributed by atoms with Crippen LogP contribution in [-0.4, -0.2) is 12.6 Å². The number of ether oxygens (including phenoxy) is 1. The molecule has 0 aliphatic carbocycles. The molecule has 0 bridgehead atoms. The Kier molecular flexibility index (Phi) is 4.42. The molecule has 4 heteroatoms. The van der Waals surface area contributed by atoms with Gasteiger partial charge in [-0.3, -0.25) is 0 Å². The van der Waals surface area contributed by atoms with E-state index in [0.717, 1.165) is 5.56 Å². The first-order chi connectivity index (χ1) is 9.16. The van der Waals surface area contributed by atoms with Crippen molar-refractivity contribution < 1.29 is 9.53 Å². The molecular weight excluding hydrogens is 262 g/mol. The van der Waals surface area contributed by atoms with Crippen LogP contribution in [0.25, 0.3) is 0 Å². The molecule has 98 valence electrons. The van der Waals surface area contributed by atoms with Crippen LogP contribution in [0.4, 0.5) is 5.69 Å². The maximum atomic E-state index is 11.8. The highest BCUT2D eigenvalue weighted by Gasteiger charge is 2.12. The lowest BCUT2D eigenvalue weighted by molar-refractivity contribution is 0.0509. The Bertz CT molecular complexity index is 570. The van der Waals surface area contributed by atoms with Crippen LogP contribution in [0.3, 0.4) is 0 Å². The second kappa shape index (κ2) is 6.25. The number of hydrogen-bond donors (Lipinski definition) is 1. The number of carbonyl (C=O) groups is 1. The van der Waals surface area contributed by atoms with Gasteiger partial charge < -0.3 is 10.5 Å². The summed E-state index contributed by atoms with van der Waals surface area (Å²) in [5, 5.41) is 0.346. The van der Waals surface area contributed by atoms with E-state index >= 15 is 0 Å². The van der Waals surface area contributed by atoms with Crippen LogP contribution in [0.5, 0.6) is 0 Å². The topological polar surface area (TPSA) is 52.3 Å². The Labute approximate surface area is 117 Å². The molecule has 2 aromatic carbocycles. The SMILES string of the molecule is Nc1ccc(Cl)c(C(=O)OCCc2ccccc2)c1. The summed E-state index contributed by atoms with van der Waals surface area (Å²) >= 11 is 5.93. The largest absolute Gasteiger partial charge is 0.462 e. The van der Waals surface area contributed by atoms with E-state index in [-0.39, 0.29) is 0 Å². The van der Waals surface area contributed by atoms with Gasteiger partial charge >= 0.3 is 5.97 Å². The van der Waals surface area contributed by atoms with Crippen molar-refractivity contribution in [3.05, 3.63) is 64.7 Å². The molecule has 0 spiro atoms. The number of rotatable bonds is 4. The minimum absolute atomic E-state index is 0.301. The maximum Gasteiger partial charge on any atom is 0.339 e. The lowest BCUT2D eigenvalue weighted by atomic mass is 10.2. The summed E-state index contributed by atoms with van der Waals surface area (Å²) in [5.74, 6) is -0.451. The third kappa shape index (κ3) is 3.73. The monoisotopic (exact) mass is 275 g/mol. The number of halogens is 1. The van der Waals surface area contributed by atoms with Gasteiger partial charge in [0.05, 0.1) is 17.2 Å². The van der Waals surface area contributed by atoms with Gasteiger partial charge in [0, 0.05) is 12.1 Å². The van der Waals surface area contributed by atoms with Gasteiger partial charge in [-0.1, -0.05) is 41.9 Å². The lowest BCUT2D eigenvalue weighted by Gasteiger charge is -2.07. The molecule has 0 saturated heterocycles. The maximum absolute atomic E-state index is 11.8. The third-order valence-electron chi connectivity index (χ3n) is 2.68. The number of hydrogen-bond acceptors (Lipinski definition) is 3. The third-order valence-corrected chi connectivity index (χ3v) is 3.01. The van der Waals surface area contributed by atoms with E-state index in [1.807, 2.05) is 30.3 Å². The smallest absolute Gasteiger partial charge is 0.339 e. The van der Waals surface area contributed by atoms with Crippen LogP contribution >= 0.6 is 11.6 Å². The second-order valence-electron chi connectivity index (χ2n) is 4.11. The Morgan fingerprint density at radius 1 is 1.16 bits per heavy atom. The molecular formula is C15H14ClNO2. The van der Waals surface area contributed by atoms with Gasteiger partial charge in [-0.15, -0.1) is 0 Å². The van der Waals surface area contributed by atoms with Gasteiger partial charge in [0.2, 0.25) is 0 Å². The summed E-state index contributed by atoms with van der Waals surface area (Å²) in [5.41, 5.74) is 7.52. The summed E-state index contributed by atoms with van der Waals surface area (Å²) in [6.07, 6.45) is 0.673. The minimum Gasteiger partial charge on any atom is -0.462 e. The van der Waals surface area contributed by atoms with Gasteiger partial charge in [-0.05, 0) is 23.8 Å². The van der Waals surface area contributed by atoms with Gasteiger partial charge in [0.15, 0.2) is 0 Å². The van der Waals surface area contributed by atoms with Gasteiger partial charge in [0.25, 0.3) is 0 Å². The summed E-state index contributed by atoms with van der Waals surface area (Å²) in [6.45, 7) is 0.313. The van der Waals surface area contributed by atoms with Crippen molar-refractivity contribution in [3.63, 3.8) is 0 Å². The first kappa shape index (κ1) is 13.4. The molecule has 2 N–H and O–H groups in total. The standard InChI is InChI=1S/C15H14ClNO2/c16-14-7-6-12(17)10-13(14)15(18)19-9-8-11-4-2-1-3-5-11/h1-7,10H,8-9,17H2. The fraction of sp³-hybridized carbons (Fsp3) is 0.133. The number of benzene rings is 2. The minimum atomic E-state index is -0.451. The predicted octanol–water partition coefficient (Wildman–Crippen LogP) is 3.32. The fourth-order valence-electron chi connectivity index (χ4n) is 1.68. The van der Waals surface area contributed by atoms with Crippen LogP contribution < -0.4 is 5.73 Å². The van der Waals surface area contributed by atoms with Crippen molar-refractivity contribution in [1.29, 1.82) is 0 Å². The molecule has 0 aromatic heterocycles. The second-order valence-corrected chi connectivity index (χ2v) is 4.52. The number of nitrogens with two attached hydrogens (primary N) is 1. The normalized spacial score (nSPS) is 10.2. The zero-order valence-corrected chi connectivity index (χ0v) is 11.1.